The van der Waals surface area contributed by atoms with Gasteiger partial charge in [-0.1, -0.05) is 40.0 Å². The van der Waals surface area contributed by atoms with E-state index in [1.165, 1.54) is 58.2 Å². The Bertz CT molecular complexity index is 220. The molecule has 0 bridgehead atoms. The second-order valence-corrected chi connectivity index (χ2v) is 6.00. The quantitative estimate of drug-likeness (QED) is 0.698. The van der Waals surface area contributed by atoms with Crippen LogP contribution in [0.25, 0.3) is 0 Å². The fourth-order valence-electron chi connectivity index (χ4n) is 3.52. The van der Waals surface area contributed by atoms with E-state index >= 15 is 0 Å². The maximum Gasteiger partial charge on any atom is 0.0332 e. The first-order valence-electron chi connectivity index (χ1n) is 8.39. The molecular weight excluding hydrogens is 234 g/mol. The summed E-state index contributed by atoms with van der Waals surface area (Å²) in [4.78, 5) is 5.24. The molecule has 3 heteroatoms. The Morgan fingerprint density at radius 3 is 2.00 bits per heavy atom. The zero-order valence-electron chi connectivity index (χ0n) is 13.5. The minimum Gasteiger partial charge on any atom is -0.329 e. The van der Waals surface area contributed by atoms with Gasteiger partial charge in [0.1, 0.15) is 0 Å². The Hall–Kier alpha value is -0.120. The third-order valence-electron chi connectivity index (χ3n) is 4.91. The molecule has 3 nitrogen and oxygen atoms in total. The highest BCUT2D eigenvalue weighted by atomic mass is 15.2. The van der Waals surface area contributed by atoms with E-state index in [1.807, 2.05) is 0 Å². The first kappa shape index (κ1) is 16.9. The van der Waals surface area contributed by atoms with Gasteiger partial charge in [0.2, 0.25) is 0 Å². The second kappa shape index (κ2) is 8.93. The lowest BCUT2D eigenvalue weighted by atomic mass is 9.80. The van der Waals surface area contributed by atoms with Gasteiger partial charge in [-0.05, 0) is 38.9 Å². The molecule has 1 saturated carbocycles. The molecule has 0 amide bonds. The van der Waals surface area contributed by atoms with Gasteiger partial charge in [0, 0.05) is 25.2 Å². The summed E-state index contributed by atoms with van der Waals surface area (Å²) in [5.74, 6) is 0. The van der Waals surface area contributed by atoms with Crippen molar-refractivity contribution in [3.63, 3.8) is 0 Å². The van der Waals surface area contributed by atoms with Crippen LogP contribution in [0.15, 0.2) is 0 Å². The Kier molecular flexibility index (Phi) is 7.96. The SMILES string of the molecule is CCCN(CCN(CC)CC)C1(CN)CCCCC1. The molecule has 114 valence electrons. The summed E-state index contributed by atoms with van der Waals surface area (Å²) in [7, 11) is 0. The van der Waals surface area contributed by atoms with Crippen molar-refractivity contribution < 1.29 is 0 Å². The molecule has 0 spiro atoms. The smallest absolute Gasteiger partial charge is 0.0332 e. The van der Waals surface area contributed by atoms with E-state index in [4.69, 9.17) is 5.73 Å². The standard InChI is InChI=1S/C16H35N3/c1-4-12-19(14-13-18(5-2)6-3)16(15-17)10-8-7-9-11-16/h4-15,17H2,1-3H3. The maximum absolute atomic E-state index is 6.19. The maximum atomic E-state index is 6.19. The molecule has 0 saturated heterocycles. The van der Waals surface area contributed by atoms with Crippen LogP contribution in [0.3, 0.4) is 0 Å². The van der Waals surface area contributed by atoms with E-state index in [0.29, 0.717) is 5.54 Å². The normalized spacial score (nSPS) is 19.3. The molecule has 19 heavy (non-hydrogen) atoms. The third-order valence-corrected chi connectivity index (χ3v) is 4.91. The Morgan fingerprint density at radius 2 is 1.53 bits per heavy atom. The molecule has 1 aliphatic carbocycles. The van der Waals surface area contributed by atoms with E-state index in [0.717, 1.165) is 19.6 Å². The van der Waals surface area contributed by atoms with Gasteiger partial charge in [-0.3, -0.25) is 4.90 Å². The van der Waals surface area contributed by atoms with Gasteiger partial charge < -0.3 is 10.6 Å². The highest BCUT2D eigenvalue weighted by molar-refractivity contribution is 4.94. The number of hydrogen-bond donors (Lipinski definition) is 1. The molecule has 0 heterocycles. The average molecular weight is 269 g/mol. The fraction of sp³-hybridized carbons (Fsp3) is 1.00. The number of nitrogens with two attached hydrogens (primary N) is 1. The first-order chi connectivity index (χ1) is 9.22. The van der Waals surface area contributed by atoms with Crippen LogP contribution in [0.4, 0.5) is 0 Å². The molecule has 0 atom stereocenters. The zero-order valence-corrected chi connectivity index (χ0v) is 13.5. The van der Waals surface area contributed by atoms with Crippen molar-refractivity contribution >= 4 is 0 Å². The van der Waals surface area contributed by atoms with Crippen molar-refractivity contribution in [3.8, 4) is 0 Å². The molecule has 0 aliphatic heterocycles. The average Bonchev–Trinajstić information content (AvgIpc) is 2.47. The summed E-state index contributed by atoms with van der Waals surface area (Å²) in [5, 5.41) is 0. The van der Waals surface area contributed by atoms with Gasteiger partial charge in [-0.15, -0.1) is 0 Å². The summed E-state index contributed by atoms with van der Waals surface area (Å²) >= 11 is 0. The molecule has 1 aliphatic rings. The van der Waals surface area contributed by atoms with Gasteiger partial charge in [0.25, 0.3) is 0 Å². The van der Waals surface area contributed by atoms with Gasteiger partial charge in [0.15, 0.2) is 0 Å². The van der Waals surface area contributed by atoms with Gasteiger partial charge in [0.05, 0.1) is 0 Å². The van der Waals surface area contributed by atoms with Gasteiger partial charge >= 0.3 is 0 Å². The van der Waals surface area contributed by atoms with Crippen LogP contribution >= 0.6 is 0 Å². The van der Waals surface area contributed by atoms with Crippen molar-refractivity contribution in [3.05, 3.63) is 0 Å². The second-order valence-electron chi connectivity index (χ2n) is 6.00. The third kappa shape index (κ3) is 4.73. The molecule has 0 aromatic heterocycles. The summed E-state index contributed by atoms with van der Waals surface area (Å²) in [6.45, 7) is 13.5. The first-order valence-corrected chi connectivity index (χ1v) is 8.39. The monoisotopic (exact) mass is 269 g/mol. The van der Waals surface area contributed by atoms with E-state index in [1.54, 1.807) is 0 Å². The minimum absolute atomic E-state index is 0.307. The van der Waals surface area contributed by atoms with E-state index in [2.05, 4.69) is 30.6 Å². The van der Waals surface area contributed by atoms with Crippen LogP contribution < -0.4 is 5.73 Å². The molecule has 1 rings (SSSR count). The topological polar surface area (TPSA) is 32.5 Å². The highest BCUT2D eigenvalue weighted by Gasteiger charge is 2.35. The Balaban J connectivity index is 2.62. The number of likely N-dealkylation sites (N-methyl/N-ethyl adjacent to an activating group) is 1. The molecule has 0 radical (unpaired) electrons. The van der Waals surface area contributed by atoms with Crippen molar-refractivity contribution in [2.24, 2.45) is 5.73 Å². The predicted octanol–water partition coefficient (Wildman–Crippen LogP) is 2.70. The predicted molar refractivity (Wildman–Crippen MR) is 84.5 cm³/mol. The van der Waals surface area contributed by atoms with Crippen molar-refractivity contribution in [2.75, 3.05) is 39.3 Å². The van der Waals surface area contributed by atoms with Crippen LogP contribution in [0.5, 0.6) is 0 Å². The molecule has 0 aromatic carbocycles. The number of hydrogen-bond acceptors (Lipinski definition) is 3. The minimum atomic E-state index is 0.307. The number of rotatable bonds is 9. The summed E-state index contributed by atoms with van der Waals surface area (Å²) in [6.07, 6.45) is 7.98. The van der Waals surface area contributed by atoms with E-state index < -0.39 is 0 Å². The van der Waals surface area contributed by atoms with Gasteiger partial charge in [-0.25, -0.2) is 0 Å². The number of nitrogens with zero attached hydrogens (tertiary/aromatic N) is 2. The molecule has 0 aromatic rings. The Labute approximate surface area is 120 Å². The van der Waals surface area contributed by atoms with Crippen molar-refractivity contribution in [1.29, 1.82) is 0 Å². The van der Waals surface area contributed by atoms with Crippen molar-refractivity contribution in [1.82, 2.24) is 9.80 Å². The molecule has 1 fully saturated rings. The fourth-order valence-corrected chi connectivity index (χ4v) is 3.52. The summed E-state index contributed by atoms with van der Waals surface area (Å²) < 4.78 is 0. The lowest BCUT2D eigenvalue weighted by molar-refractivity contribution is 0.0479. The van der Waals surface area contributed by atoms with Crippen LogP contribution in [0, 0.1) is 0 Å². The highest BCUT2D eigenvalue weighted by Crippen LogP contribution is 2.33. The zero-order chi connectivity index (χ0) is 14.1. The van der Waals surface area contributed by atoms with Crippen LogP contribution in [0.1, 0.15) is 59.3 Å². The lowest BCUT2D eigenvalue weighted by Crippen LogP contribution is -2.56. The molecule has 2 N–H and O–H groups in total. The molecule has 0 unspecified atom stereocenters. The van der Waals surface area contributed by atoms with Crippen LogP contribution in [-0.4, -0.2) is 54.6 Å². The van der Waals surface area contributed by atoms with Crippen molar-refractivity contribution in [2.45, 2.75) is 64.8 Å². The summed E-state index contributed by atoms with van der Waals surface area (Å²) in [5.41, 5.74) is 6.49. The van der Waals surface area contributed by atoms with Crippen LogP contribution in [-0.2, 0) is 0 Å². The molecular formula is C16H35N3. The largest absolute Gasteiger partial charge is 0.329 e. The van der Waals surface area contributed by atoms with Crippen LogP contribution in [0.2, 0.25) is 0 Å². The van der Waals surface area contributed by atoms with Gasteiger partial charge in [-0.2, -0.15) is 0 Å². The lowest BCUT2D eigenvalue weighted by Gasteiger charge is -2.46. The Morgan fingerprint density at radius 1 is 0.895 bits per heavy atom. The van der Waals surface area contributed by atoms with E-state index in [9.17, 15) is 0 Å². The van der Waals surface area contributed by atoms with E-state index in [-0.39, 0.29) is 0 Å². The summed E-state index contributed by atoms with van der Waals surface area (Å²) in [6, 6.07) is 0.